The summed E-state index contributed by atoms with van der Waals surface area (Å²) in [5.41, 5.74) is -0.902. The number of carbonyl (C=O) groups is 5. The number of nitrogens with zero attached hydrogens (tertiary/aromatic N) is 1. The van der Waals surface area contributed by atoms with Gasteiger partial charge in [0.15, 0.2) is 23.0 Å². The first-order chi connectivity index (χ1) is 21.1. The van der Waals surface area contributed by atoms with Crippen LogP contribution < -0.4 is 21.3 Å². The van der Waals surface area contributed by atoms with Crippen LogP contribution in [0.1, 0.15) is 46.4 Å². The van der Waals surface area contributed by atoms with E-state index in [0.717, 1.165) is 6.07 Å². The van der Waals surface area contributed by atoms with Crippen molar-refractivity contribution < 1.29 is 62.6 Å². The molecule has 1 aliphatic rings. The number of piperidine rings is 1. The van der Waals surface area contributed by atoms with Crippen molar-refractivity contribution in [2.45, 2.75) is 42.7 Å². The normalized spacial score (nSPS) is 15.6. The number of phenols is 4. The molecule has 19 heteroatoms. The second kappa shape index (κ2) is 14.6. The number of carbonyl (C=O) groups excluding carboxylic acids is 5. The van der Waals surface area contributed by atoms with Gasteiger partial charge in [-0.25, -0.2) is 5.06 Å². The van der Waals surface area contributed by atoms with Gasteiger partial charge in [0.2, 0.25) is 11.8 Å². The van der Waals surface area contributed by atoms with E-state index in [2.05, 4.69) is 21.3 Å². The van der Waals surface area contributed by atoms with Gasteiger partial charge >= 0.3 is 0 Å². The summed E-state index contributed by atoms with van der Waals surface area (Å²) in [5.74, 6) is -8.07. The quantitative estimate of drug-likeness (QED) is 0.0551. The maximum absolute atomic E-state index is 13.0. The molecule has 2 aromatic rings. The predicted octanol–water partition coefficient (Wildman–Crippen LogP) is -1.32. The number of phenolic OH excluding ortho intramolecular Hbond substituents is 4. The first-order valence-corrected chi connectivity index (χ1v) is 14.8. The Kier molecular flexibility index (Phi) is 11.1. The van der Waals surface area contributed by atoms with E-state index in [0.29, 0.717) is 17.6 Å². The van der Waals surface area contributed by atoms with Crippen LogP contribution in [-0.4, -0.2) is 105 Å². The Hall–Kier alpha value is -5.14. The highest BCUT2D eigenvalue weighted by molar-refractivity contribution is 7.86. The molecule has 5 amide bonds. The molecule has 0 spiro atoms. The lowest BCUT2D eigenvalue weighted by Crippen LogP contribution is -2.54. The fourth-order valence-electron chi connectivity index (χ4n) is 4.30. The highest BCUT2D eigenvalue weighted by atomic mass is 32.2. The molecular weight excluding hydrogens is 622 g/mol. The van der Waals surface area contributed by atoms with Crippen LogP contribution in [0.3, 0.4) is 0 Å². The van der Waals surface area contributed by atoms with Crippen LogP contribution in [0.2, 0.25) is 0 Å². The number of aromatic hydroxyl groups is 4. The number of hydroxylamine groups is 2. The molecule has 0 unspecified atom stereocenters. The SMILES string of the molecule is O=C(CNC(=O)[C@@H](CCCNC(=O)c1cccc(O)c1O)NC(=O)c1ccc(S(=O)(=O)O)c(O)c1O)N[C@H]1CCCN(O)C1=O. The standard InChI is InChI=1S/C26H31N5O13S/c32-17-7-1-4-13(20(17)34)23(37)27-10-2-5-15(25(39)28-12-19(33)29-16-6-3-11-31(41)26(16)40)30-24(38)14-8-9-18(45(42,43)44)22(36)21(14)35/h1,4,7-9,15-16,32,34-36,41H,2-3,5-6,10-12H2,(H,27,37)(H,28,39)(H,29,33)(H,30,38)(H,42,43,44)/t15-,16+/m1/s1. The molecule has 1 fully saturated rings. The third-order valence-corrected chi connectivity index (χ3v) is 7.53. The molecule has 18 nitrogen and oxygen atoms in total. The molecule has 10 N–H and O–H groups in total. The van der Waals surface area contributed by atoms with E-state index in [-0.39, 0.29) is 37.9 Å². The van der Waals surface area contributed by atoms with Crippen molar-refractivity contribution in [3.05, 3.63) is 41.5 Å². The fourth-order valence-corrected chi connectivity index (χ4v) is 4.88. The minimum absolute atomic E-state index is 0.0116. The molecule has 2 aromatic carbocycles. The fraction of sp³-hybridized carbons (Fsp3) is 0.346. The summed E-state index contributed by atoms with van der Waals surface area (Å²) in [6, 6.07) is 2.70. The van der Waals surface area contributed by atoms with Gasteiger partial charge in [-0.15, -0.1) is 0 Å². The van der Waals surface area contributed by atoms with Crippen molar-refractivity contribution in [2.75, 3.05) is 19.6 Å². The van der Waals surface area contributed by atoms with Crippen molar-refractivity contribution in [2.24, 2.45) is 0 Å². The molecule has 0 aliphatic carbocycles. The van der Waals surface area contributed by atoms with E-state index < -0.39 is 91.7 Å². The Bertz CT molecular complexity index is 1600. The summed E-state index contributed by atoms with van der Waals surface area (Å²) in [5, 5.41) is 59.0. The first kappa shape index (κ1) is 34.4. The highest BCUT2D eigenvalue weighted by Gasteiger charge is 2.30. The van der Waals surface area contributed by atoms with Crippen LogP contribution in [0.5, 0.6) is 23.0 Å². The van der Waals surface area contributed by atoms with Crippen LogP contribution >= 0.6 is 0 Å². The molecular formula is C26H31N5O13S. The minimum atomic E-state index is -4.96. The van der Waals surface area contributed by atoms with Crippen LogP contribution in [0.15, 0.2) is 35.2 Å². The Morgan fingerprint density at radius 3 is 2.31 bits per heavy atom. The van der Waals surface area contributed by atoms with Gasteiger partial charge in [-0.3, -0.25) is 33.7 Å². The second-order valence-corrected chi connectivity index (χ2v) is 11.2. The molecule has 0 radical (unpaired) electrons. The van der Waals surface area contributed by atoms with E-state index in [4.69, 9.17) is 4.55 Å². The monoisotopic (exact) mass is 653 g/mol. The molecule has 244 valence electrons. The lowest BCUT2D eigenvalue weighted by atomic mass is 10.1. The molecule has 3 rings (SSSR count). The Morgan fingerprint density at radius 2 is 1.62 bits per heavy atom. The summed E-state index contributed by atoms with van der Waals surface area (Å²) in [6.07, 6.45) is 0.496. The van der Waals surface area contributed by atoms with Crippen LogP contribution in [0, 0.1) is 0 Å². The third-order valence-electron chi connectivity index (χ3n) is 6.65. The Balaban J connectivity index is 1.69. The molecule has 2 atom stereocenters. The maximum Gasteiger partial charge on any atom is 0.298 e. The molecule has 45 heavy (non-hydrogen) atoms. The van der Waals surface area contributed by atoms with Gasteiger partial charge in [-0.2, -0.15) is 8.42 Å². The lowest BCUT2D eigenvalue weighted by Gasteiger charge is -2.28. The first-order valence-electron chi connectivity index (χ1n) is 13.3. The Labute approximate surface area is 255 Å². The third kappa shape index (κ3) is 8.71. The number of benzene rings is 2. The number of hydrogen-bond donors (Lipinski definition) is 10. The summed E-state index contributed by atoms with van der Waals surface area (Å²) in [7, 11) is -4.96. The van der Waals surface area contributed by atoms with Gasteiger partial charge in [-0.1, -0.05) is 6.07 Å². The van der Waals surface area contributed by atoms with E-state index in [1.807, 2.05) is 0 Å². The molecule has 0 bridgehead atoms. The summed E-state index contributed by atoms with van der Waals surface area (Å²) >= 11 is 0. The number of amides is 5. The number of rotatable bonds is 12. The van der Waals surface area contributed by atoms with E-state index >= 15 is 0 Å². The van der Waals surface area contributed by atoms with Gasteiger partial charge in [0.25, 0.3) is 27.8 Å². The van der Waals surface area contributed by atoms with Crippen molar-refractivity contribution in [3.63, 3.8) is 0 Å². The van der Waals surface area contributed by atoms with Gasteiger partial charge in [0.05, 0.1) is 17.7 Å². The van der Waals surface area contributed by atoms with Crippen LogP contribution in [0.25, 0.3) is 0 Å². The van der Waals surface area contributed by atoms with Gasteiger partial charge < -0.3 is 41.7 Å². The van der Waals surface area contributed by atoms with Crippen LogP contribution in [0.4, 0.5) is 0 Å². The topological polar surface area (TPSA) is 292 Å². The largest absolute Gasteiger partial charge is 0.504 e. The van der Waals surface area contributed by atoms with E-state index in [1.54, 1.807) is 0 Å². The smallest absolute Gasteiger partial charge is 0.298 e. The van der Waals surface area contributed by atoms with Crippen molar-refractivity contribution in [3.8, 4) is 23.0 Å². The molecule has 0 aromatic heterocycles. The van der Waals surface area contributed by atoms with Crippen molar-refractivity contribution in [1.82, 2.24) is 26.3 Å². The summed E-state index contributed by atoms with van der Waals surface area (Å²) in [6.45, 7) is -0.655. The predicted molar refractivity (Wildman–Crippen MR) is 150 cm³/mol. The van der Waals surface area contributed by atoms with Gasteiger partial charge in [-0.05, 0) is 49.9 Å². The average Bonchev–Trinajstić information content (AvgIpc) is 2.97. The molecule has 1 saturated heterocycles. The second-order valence-electron chi connectivity index (χ2n) is 9.82. The zero-order chi connectivity index (χ0) is 33.5. The van der Waals surface area contributed by atoms with Crippen molar-refractivity contribution >= 4 is 39.7 Å². The van der Waals surface area contributed by atoms with Gasteiger partial charge in [0.1, 0.15) is 17.0 Å². The lowest BCUT2D eigenvalue weighted by molar-refractivity contribution is -0.173. The Morgan fingerprint density at radius 1 is 0.933 bits per heavy atom. The minimum Gasteiger partial charge on any atom is -0.504 e. The molecule has 1 aliphatic heterocycles. The zero-order valence-electron chi connectivity index (χ0n) is 23.4. The molecule has 1 heterocycles. The van der Waals surface area contributed by atoms with E-state index in [1.165, 1.54) is 18.2 Å². The summed E-state index contributed by atoms with van der Waals surface area (Å²) < 4.78 is 31.9. The molecule has 0 saturated carbocycles. The van der Waals surface area contributed by atoms with E-state index in [9.17, 15) is 58.0 Å². The maximum atomic E-state index is 13.0. The zero-order valence-corrected chi connectivity index (χ0v) is 24.2. The number of hydrogen-bond acceptors (Lipinski definition) is 12. The van der Waals surface area contributed by atoms with Gasteiger partial charge in [0, 0.05) is 13.1 Å². The number of nitrogens with one attached hydrogen (secondary N) is 4. The van der Waals surface area contributed by atoms with Crippen molar-refractivity contribution in [1.29, 1.82) is 0 Å². The average molecular weight is 654 g/mol. The highest BCUT2D eigenvalue weighted by Crippen LogP contribution is 2.35. The van der Waals surface area contributed by atoms with Crippen LogP contribution in [-0.2, 0) is 24.5 Å². The summed E-state index contributed by atoms with van der Waals surface area (Å²) in [4.78, 5) is 61.6. The number of para-hydroxylation sites is 1.